The maximum Gasteiger partial charge on any atom is 0.242 e. The minimum atomic E-state index is -3.86. The summed E-state index contributed by atoms with van der Waals surface area (Å²) in [4.78, 5) is 4.88. The molecular weight excluding hydrogens is 482 g/mol. The molecule has 5 rings (SSSR count). The first-order valence-electron chi connectivity index (χ1n) is 10.1. The lowest BCUT2D eigenvalue weighted by molar-refractivity contribution is 0.428. The molecule has 1 fully saturated rings. The van der Waals surface area contributed by atoms with Gasteiger partial charge in [0, 0.05) is 23.7 Å². The Hall–Kier alpha value is -2.62. The molecule has 1 unspecified atom stereocenters. The van der Waals surface area contributed by atoms with E-state index in [2.05, 4.69) is 35.6 Å². The van der Waals surface area contributed by atoms with Crippen molar-refractivity contribution in [1.29, 1.82) is 0 Å². The zero-order valence-corrected chi connectivity index (χ0v) is 19.7. The molecule has 0 bridgehead atoms. The molecule has 7 N–H and O–H groups in total. The average molecular weight is 504 g/mol. The molecule has 1 aliphatic heterocycles. The van der Waals surface area contributed by atoms with Crippen molar-refractivity contribution < 1.29 is 8.42 Å². The summed E-state index contributed by atoms with van der Waals surface area (Å²) in [5.41, 5.74) is 8.61. The fraction of sp³-hybridized carbons (Fsp3) is 0.263. The van der Waals surface area contributed by atoms with Crippen molar-refractivity contribution in [2.75, 3.05) is 18.8 Å². The second-order valence-corrected chi connectivity index (χ2v) is 10.9. The van der Waals surface area contributed by atoms with Crippen LogP contribution in [0.3, 0.4) is 0 Å². The zero-order valence-electron chi connectivity index (χ0n) is 17.3. The number of aromatic amines is 1. The van der Waals surface area contributed by atoms with Crippen molar-refractivity contribution >= 4 is 48.7 Å². The second-order valence-electron chi connectivity index (χ2n) is 7.55. The number of fused-ring (bicyclic) bond motifs is 1. The number of hydrogen-bond donors (Lipinski definition) is 5. The van der Waals surface area contributed by atoms with Crippen LogP contribution in [0.4, 0.5) is 5.13 Å². The van der Waals surface area contributed by atoms with E-state index in [9.17, 15) is 8.42 Å². The van der Waals surface area contributed by atoms with Crippen LogP contribution in [0.25, 0.3) is 32.7 Å². The van der Waals surface area contributed by atoms with E-state index in [-0.39, 0.29) is 10.9 Å². The van der Waals surface area contributed by atoms with Crippen LogP contribution in [-0.4, -0.2) is 53.2 Å². The van der Waals surface area contributed by atoms with Gasteiger partial charge in [0.1, 0.15) is 0 Å². The highest BCUT2D eigenvalue weighted by Gasteiger charge is 2.29. The summed E-state index contributed by atoms with van der Waals surface area (Å²) in [5.74, 6) is 0.300. The molecule has 4 aromatic rings. The Morgan fingerprint density at radius 1 is 1.21 bits per heavy atom. The van der Waals surface area contributed by atoms with Gasteiger partial charge < -0.3 is 11.1 Å². The smallest absolute Gasteiger partial charge is 0.242 e. The molecule has 33 heavy (non-hydrogen) atoms. The van der Waals surface area contributed by atoms with Gasteiger partial charge in [-0.3, -0.25) is 5.14 Å². The number of H-pyrrole nitrogens is 1. The minimum absolute atomic E-state index is 0.0701. The minimum Gasteiger partial charge on any atom is -0.375 e. The molecule has 1 aliphatic rings. The summed E-state index contributed by atoms with van der Waals surface area (Å²) >= 11 is 2.21. The van der Waals surface area contributed by atoms with Gasteiger partial charge in [0.15, 0.2) is 11.0 Å². The molecule has 0 spiro atoms. The van der Waals surface area contributed by atoms with Gasteiger partial charge in [-0.05, 0) is 59.5 Å². The Kier molecular flexibility index (Phi) is 6.03. The van der Waals surface area contributed by atoms with Crippen molar-refractivity contribution in [3.05, 3.63) is 30.3 Å². The molecule has 1 saturated heterocycles. The topological polar surface area (TPSA) is 178 Å². The number of nitrogens with zero attached hydrogens (tertiary/aromatic N) is 4. The number of thiazole rings is 1. The SMILES string of the molecule is NSc1c(S(=O)(=O)NC2CCCNC2)ccc(-c2cccc3sc(N)nc23)c1-c1nnn[nH]1. The molecule has 0 amide bonds. The van der Waals surface area contributed by atoms with Gasteiger partial charge in [0.05, 0.1) is 20.0 Å². The van der Waals surface area contributed by atoms with Crippen LogP contribution in [0.15, 0.2) is 40.1 Å². The number of hydrogen-bond acceptors (Lipinski definition) is 11. The maximum atomic E-state index is 13.4. The van der Waals surface area contributed by atoms with Crippen LogP contribution in [0, 0.1) is 0 Å². The Morgan fingerprint density at radius 2 is 2.09 bits per heavy atom. The quantitative estimate of drug-likeness (QED) is 0.243. The van der Waals surface area contributed by atoms with Crippen LogP contribution in [0.1, 0.15) is 12.8 Å². The summed E-state index contributed by atoms with van der Waals surface area (Å²) in [6.07, 6.45) is 1.67. The van der Waals surface area contributed by atoms with E-state index in [0.717, 1.165) is 41.6 Å². The molecule has 0 aliphatic carbocycles. The number of tetrazole rings is 1. The maximum absolute atomic E-state index is 13.4. The zero-order chi connectivity index (χ0) is 23.0. The summed E-state index contributed by atoms with van der Waals surface area (Å²) in [6.45, 7) is 1.46. The Morgan fingerprint density at radius 3 is 2.82 bits per heavy atom. The first-order chi connectivity index (χ1) is 16.0. The van der Waals surface area contributed by atoms with Crippen molar-refractivity contribution in [3.8, 4) is 22.5 Å². The van der Waals surface area contributed by atoms with Crippen LogP contribution in [-0.2, 0) is 10.0 Å². The van der Waals surface area contributed by atoms with Crippen LogP contribution >= 0.6 is 23.3 Å². The van der Waals surface area contributed by atoms with Gasteiger partial charge in [-0.1, -0.05) is 29.5 Å². The van der Waals surface area contributed by atoms with Gasteiger partial charge in [0.25, 0.3) is 0 Å². The largest absolute Gasteiger partial charge is 0.375 e. The third-order valence-corrected chi connectivity index (χ3v) is 8.66. The summed E-state index contributed by atoms with van der Waals surface area (Å²) < 4.78 is 30.5. The predicted octanol–water partition coefficient (Wildman–Crippen LogP) is 1.72. The van der Waals surface area contributed by atoms with Crippen LogP contribution < -0.4 is 20.9 Å². The molecule has 2 aromatic carbocycles. The molecule has 172 valence electrons. The monoisotopic (exact) mass is 503 g/mol. The standard InChI is InChI=1S/C19H21N9O2S3/c20-19-23-16-12(4-1-5-13(16)31-19)11-6-7-14(17(32-21)15(11)18-24-27-28-25-18)33(29,30)26-10-3-2-8-22-9-10/h1,4-7,10,22,26H,2-3,8-9,21H2,(H2,20,23)(H,24,25,27,28). The van der Waals surface area contributed by atoms with Gasteiger partial charge in [-0.25, -0.2) is 23.2 Å². The number of anilines is 1. The van der Waals surface area contributed by atoms with Gasteiger partial charge in [-0.2, -0.15) is 0 Å². The van der Waals surface area contributed by atoms with Crippen molar-refractivity contribution in [3.63, 3.8) is 0 Å². The Balaban J connectivity index is 1.70. The van der Waals surface area contributed by atoms with E-state index < -0.39 is 10.0 Å². The number of piperidine rings is 1. The second kappa shape index (κ2) is 8.96. The Labute approximate surface area is 197 Å². The molecule has 3 heterocycles. The summed E-state index contributed by atoms with van der Waals surface area (Å²) in [7, 11) is -3.86. The number of nitrogens with two attached hydrogens (primary N) is 2. The van der Waals surface area contributed by atoms with Crippen molar-refractivity contribution in [1.82, 2.24) is 35.6 Å². The lowest BCUT2D eigenvalue weighted by Gasteiger charge is -2.24. The normalized spacial score (nSPS) is 16.9. The highest BCUT2D eigenvalue weighted by atomic mass is 32.2. The molecule has 1 atom stereocenters. The van der Waals surface area contributed by atoms with E-state index in [0.29, 0.717) is 39.0 Å². The summed E-state index contributed by atoms with van der Waals surface area (Å²) in [5, 5.41) is 23.9. The third kappa shape index (κ3) is 4.20. The van der Waals surface area contributed by atoms with Crippen LogP contribution in [0.2, 0.25) is 0 Å². The molecule has 2 aromatic heterocycles. The highest BCUT2D eigenvalue weighted by Crippen LogP contribution is 2.43. The number of rotatable bonds is 6. The number of nitrogen functional groups attached to an aromatic ring is 1. The highest BCUT2D eigenvalue weighted by molar-refractivity contribution is 7.98. The lowest BCUT2D eigenvalue weighted by Crippen LogP contribution is -2.45. The lowest BCUT2D eigenvalue weighted by atomic mass is 9.98. The number of sulfonamides is 1. The van der Waals surface area contributed by atoms with E-state index in [1.807, 2.05) is 18.2 Å². The Bertz CT molecular complexity index is 1400. The van der Waals surface area contributed by atoms with E-state index in [1.54, 1.807) is 12.1 Å². The van der Waals surface area contributed by atoms with Gasteiger partial charge in [-0.15, -0.1) is 5.10 Å². The van der Waals surface area contributed by atoms with Crippen LogP contribution in [0.5, 0.6) is 0 Å². The van der Waals surface area contributed by atoms with E-state index in [4.69, 9.17) is 10.9 Å². The molecule has 11 nitrogen and oxygen atoms in total. The fourth-order valence-electron chi connectivity index (χ4n) is 4.04. The summed E-state index contributed by atoms with van der Waals surface area (Å²) in [6, 6.07) is 8.83. The van der Waals surface area contributed by atoms with E-state index >= 15 is 0 Å². The first-order valence-corrected chi connectivity index (χ1v) is 13.3. The van der Waals surface area contributed by atoms with Gasteiger partial charge in [0.2, 0.25) is 10.0 Å². The number of nitrogens with one attached hydrogen (secondary N) is 3. The molecule has 14 heteroatoms. The predicted molar refractivity (Wildman–Crippen MR) is 129 cm³/mol. The van der Waals surface area contributed by atoms with Crippen molar-refractivity contribution in [2.45, 2.75) is 28.7 Å². The first kappa shape index (κ1) is 22.2. The van der Waals surface area contributed by atoms with Gasteiger partial charge >= 0.3 is 0 Å². The molecular formula is C19H21N9O2S3. The molecule has 0 saturated carbocycles. The number of para-hydroxylation sites is 1. The van der Waals surface area contributed by atoms with E-state index in [1.165, 1.54) is 11.3 Å². The van der Waals surface area contributed by atoms with Crippen molar-refractivity contribution in [2.24, 2.45) is 5.14 Å². The number of benzene rings is 2. The number of aromatic nitrogens is 5. The third-order valence-electron chi connectivity index (χ3n) is 5.46. The average Bonchev–Trinajstić information content (AvgIpc) is 3.47. The molecule has 0 radical (unpaired) electrons. The fourth-order valence-corrected chi connectivity index (χ4v) is 7.14.